The van der Waals surface area contributed by atoms with Crippen LogP contribution in [0.1, 0.15) is 51.0 Å². The maximum Gasteiger partial charge on any atom is 0.184 e. The minimum Gasteiger partial charge on any atom is -0.359 e. The molecule has 3 heteroatoms. The van der Waals surface area contributed by atoms with Crippen LogP contribution in [-0.2, 0) is 0 Å². The Morgan fingerprint density at radius 2 is 2.06 bits per heavy atom. The SMILES string of the molecule is CC(C)c1cccc2sc(NC3CCCC3)nc12. The van der Waals surface area contributed by atoms with Crippen molar-refractivity contribution in [3.8, 4) is 0 Å². The second-order valence-electron chi connectivity index (χ2n) is 5.49. The van der Waals surface area contributed by atoms with Crippen LogP contribution in [-0.4, -0.2) is 11.0 Å². The molecular formula is C15H20N2S. The molecule has 1 N–H and O–H groups in total. The number of hydrogen-bond donors (Lipinski definition) is 1. The molecule has 96 valence electrons. The Balaban J connectivity index is 1.92. The number of rotatable bonds is 3. The van der Waals surface area contributed by atoms with Gasteiger partial charge in [0.2, 0.25) is 0 Å². The van der Waals surface area contributed by atoms with E-state index in [1.54, 1.807) is 11.3 Å². The highest BCUT2D eigenvalue weighted by Crippen LogP contribution is 2.33. The van der Waals surface area contributed by atoms with E-state index in [9.17, 15) is 0 Å². The summed E-state index contributed by atoms with van der Waals surface area (Å²) >= 11 is 1.79. The number of nitrogens with zero attached hydrogens (tertiary/aromatic N) is 1. The molecule has 1 heterocycles. The number of thiazole rings is 1. The van der Waals surface area contributed by atoms with E-state index in [1.807, 2.05) is 0 Å². The third-order valence-electron chi connectivity index (χ3n) is 3.75. The Morgan fingerprint density at radius 3 is 2.78 bits per heavy atom. The lowest BCUT2D eigenvalue weighted by molar-refractivity contribution is 0.754. The van der Waals surface area contributed by atoms with Crippen LogP contribution in [0.5, 0.6) is 0 Å². The second-order valence-corrected chi connectivity index (χ2v) is 6.52. The first-order chi connectivity index (χ1) is 8.74. The van der Waals surface area contributed by atoms with Gasteiger partial charge < -0.3 is 5.32 Å². The molecule has 0 bridgehead atoms. The summed E-state index contributed by atoms with van der Waals surface area (Å²) in [6.07, 6.45) is 5.32. The van der Waals surface area contributed by atoms with Crippen molar-refractivity contribution in [2.45, 2.75) is 51.5 Å². The molecule has 0 saturated heterocycles. The van der Waals surface area contributed by atoms with Crippen molar-refractivity contribution in [3.63, 3.8) is 0 Å². The van der Waals surface area contributed by atoms with E-state index in [0.717, 1.165) is 5.13 Å². The van der Waals surface area contributed by atoms with E-state index < -0.39 is 0 Å². The molecular weight excluding hydrogens is 240 g/mol. The zero-order chi connectivity index (χ0) is 12.5. The molecule has 0 atom stereocenters. The number of benzene rings is 1. The summed E-state index contributed by atoms with van der Waals surface area (Å²) < 4.78 is 1.31. The van der Waals surface area contributed by atoms with Gasteiger partial charge in [-0.3, -0.25) is 0 Å². The van der Waals surface area contributed by atoms with Crippen molar-refractivity contribution in [3.05, 3.63) is 23.8 Å². The third kappa shape index (κ3) is 2.24. The van der Waals surface area contributed by atoms with E-state index in [1.165, 1.54) is 41.5 Å². The first-order valence-electron chi connectivity index (χ1n) is 6.90. The van der Waals surface area contributed by atoms with Crippen molar-refractivity contribution in [2.24, 2.45) is 0 Å². The van der Waals surface area contributed by atoms with Crippen LogP contribution in [0.2, 0.25) is 0 Å². The summed E-state index contributed by atoms with van der Waals surface area (Å²) in [5.74, 6) is 0.537. The van der Waals surface area contributed by atoms with Gasteiger partial charge in [0.25, 0.3) is 0 Å². The van der Waals surface area contributed by atoms with Gasteiger partial charge in [0.1, 0.15) is 0 Å². The van der Waals surface area contributed by atoms with Gasteiger partial charge in [0.05, 0.1) is 10.2 Å². The zero-order valence-electron chi connectivity index (χ0n) is 11.1. The van der Waals surface area contributed by atoms with Gasteiger partial charge in [-0.05, 0) is 30.4 Å². The fraction of sp³-hybridized carbons (Fsp3) is 0.533. The molecule has 0 aliphatic heterocycles. The Bertz CT molecular complexity index is 538. The van der Waals surface area contributed by atoms with Gasteiger partial charge in [-0.15, -0.1) is 0 Å². The fourth-order valence-corrected chi connectivity index (χ4v) is 3.72. The molecule has 0 amide bonds. The van der Waals surface area contributed by atoms with Crippen LogP contribution in [0.3, 0.4) is 0 Å². The highest BCUT2D eigenvalue weighted by atomic mass is 32.1. The van der Waals surface area contributed by atoms with Crippen molar-refractivity contribution in [1.29, 1.82) is 0 Å². The Morgan fingerprint density at radius 1 is 1.28 bits per heavy atom. The lowest BCUT2D eigenvalue weighted by atomic mass is 10.0. The molecule has 0 radical (unpaired) electrons. The van der Waals surface area contributed by atoms with E-state index in [4.69, 9.17) is 4.98 Å². The van der Waals surface area contributed by atoms with Crippen LogP contribution >= 0.6 is 11.3 Å². The Hall–Kier alpha value is -1.09. The van der Waals surface area contributed by atoms with Crippen molar-refractivity contribution < 1.29 is 0 Å². The average molecular weight is 260 g/mol. The van der Waals surface area contributed by atoms with Crippen LogP contribution < -0.4 is 5.32 Å². The van der Waals surface area contributed by atoms with Crippen LogP contribution in [0.15, 0.2) is 18.2 Å². The minimum atomic E-state index is 0.537. The van der Waals surface area contributed by atoms with Crippen molar-refractivity contribution >= 4 is 26.7 Å². The number of anilines is 1. The lowest BCUT2D eigenvalue weighted by Gasteiger charge is -2.09. The maximum absolute atomic E-state index is 4.80. The molecule has 18 heavy (non-hydrogen) atoms. The molecule has 0 spiro atoms. The lowest BCUT2D eigenvalue weighted by Crippen LogP contribution is -2.13. The zero-order valence-corrected chi connectivity index (χ0v) is 11.9. The summed E-state index contributed by atoms with van der Waals surface area (Å²) in [4.78, 5) is 4.80. The van der Waals surface area contributed by atoms with Crippen LogP contribution in [0.4, 0.5) is 5.13 Å². The van der Waals surface area contributed by atoms with E-state index in [2.05, 4.69) is 37.4 Å². The van der Waals surface area contributed by atoms with Crippen molar-refractivity contribution in [2.75, 3.05) is 5.32 Å². The molecule has 1 aromatic carbocycles. The normalized spacial score (nSPS) is 16.8. The van der Waals surface area contributed by atoms with Crippen LogP contribution in [0.25, 0.3) is 10.2 Å². The molecule has 0 unspecified atom stereocenters. The van der Waals surface area contributed by atoms with E-state index >= 15 is 0 Å². The molecule has 1 fully saturated rings. The smallest absolute Gasteiger partial charge is 0.184 e. The predicted octanol–water partition coefficient (Wildman–Crippen LogP) is 4.77. The second kappa shape index (κ2) is 4.88. The monoisotopic (exact) mass is 260 g/mol. The van der Waals surface area contributed by atoms with Gasteiger partial charge in [-0.1, -0.05) is 50.2 Å². The highest BCUT2D eigenvalue weighted by Gasteiger charge is 2.17. The van der Waals surface area contributed by atoms with Gasteiger partial charge in [-0.2, -0.15) is 0 Å². The van der Waals surface area contributed by atoms with Crippen LogP contribution in [0, 0.1) is 0 Å². The van der Waals surface area contributed by atoms with Gasteiger partial charge in [-0.25, -0.2) is 4.98 Å². The largest absolute Gasteiger partial charge is 0.359 e. The number of para-hydroxylation sites is 1. The Kier molecular flexibility index (Phi) is 3.25. The minimum absolute atomic E-state index is 0.537. The number of hydrogen-bond acceptors (Lipinski definition) is 3. The molecule has 1 aliphatic rings. The summed E-state index contributed by atoms with van der Waals surface area (Å²) in [5, 5.41) is 4.71. The number of nitrogens with one attached hydrogen (secondary N) is 1. The van der Waals surface area contributed by atoms with E-state index in [-0.39, 0.29) is 0 Å². The molecule has 1 aromatic heterocycles. The summed E-state index contributed by atoms with van der Waals surface area (Å²) in [7, 11) is 0. The Labute approximate surface area is 112 Å². The number of aromatic nitrogens is 1. The molecule has 2 nitrogen and oxygen atoms in total. The summed E-state index contributed by atoms with van der Waals surface area (Å²) in [5.41, 5.74) is 2.56. The van der Waals surface area contributed by atoms with Gasteiger partial charge in [0, 0.05) is 6.04 Å². The van der Waals surface area contributed by atoms with E-state index in [0.29, 0.717) is 12.0 Å². The summed E-state index contributed by atoms with van der Waals surface area (Å²) in [6.45, 7) is 4.47. The average Bonchev–Trinajstić information content (AvgIpc) is 2.96. The first-order valence-corrected chi connectivity index (χ1v) is 7.71. The predicted molar refractivity (Wildman–Crippen MR) is 79.6 cm³/mol. The van der Waals surface area contributed by atoms with Crippen molar-refractivity contribution in [1.82, 2.24) is 4.98 Å². The van der Waals surface area contributed by atoms with Gasteiger partial charge >= 0.3 is 0 Å². The molecule has 2 aromatic rings. The fourth-order valence-electron chi connectivity index (χ4n) is 2.74. The first kappa shape index (κ1) is 12.0. The molecule has 1 aliphatic carbocycles. The highest BCUT2D eigenvalue weighted by molar-refractivity contribution is 7.22. The maximum atomic E-state index is 4.80. The molecule has 3 rings (SSSR count). The van der Waals surface area contributed by atoms with Gasteiger partial charge in [0.15, 0.2) is 5.13 Å². The standard InChI is InChI=1S/C15H20N2S/c1-10(2)12-8-5-9-13-14(12)17-15(18-13)16-11-6-3-4-7-11/h5,8-11H,3-4,6-7H2,1-2H3,(H,16,17). The quantitative estimate of drug-likeness (QED) is 0.859. The molecule has 1 saturated carbocycles. The third-order valence-corrected chi connectivity index (χ3v) is 4.71. The summed E-state index contributed by atoms with van der Waals surface area (Å²) in [6, 6.07) is 7.17. The number of fused-ring (bicyclic) bond motifs is 1. The topological polar surface area (TPSA) is 24.9 Å².